The van der Waals surface area contributed by atoms with Crippen molar-refractivity contribution in [2.75, 3.05) is 13.1 Å². The molecular formula is C33H30ClFN6O4. The number of pyridine rings is 1. The summed E-state index contributed by atoms with van der Waals surface area (Å²) in [4.78, 5) is 27.5. The Bertz CT molecular complexity index is 1960. The second kappa shape index (κ2) is 10.3. The quantitative estimate of drug-likeness (QED) is 0.234. The number of carboxylic acid groups (broad SMARTS) is 1. The van der Waals surface area contributed by atoms with Gasteiger partial charge in [0.15, 0.2) is 17.3 Å². The molecule has 3 aliphatic rings. The summed E-state index contributed by atoms with van der Waals surface area (Å²) in [6.07, 6.45) is 5.13. The van der Waals surface area contributed by atoms with Crippen LogP contribution < -0.4 is 9.47 Å². The van der Waals surface area contributed by atoms with Crippen LogP contribution in [-0.2, 0) is 25.4 Å². The van der Waals surface area contributed by atoms with Crippen molar-refractivity contribution < 1.29 is 23.8 Å². The molecule has 10 nitrogen and oxygen atoms in total. The Morgan fingerprint density at radius 3 is 2.69 bits per heavy atom. The molecule has 45 heavy (non-hydrogen) atoms. The van der Waals surface area contributed by atoms with Gasteiger partial charge in [0, 0.05) is 44.5 Å². The van der Waals surface area contributed by atoms with E-state index < -0.39 is 17.6 Å². The highest BCUT2D eigenvalue weighted by Crippen LogP contribution is 2.62. The molecule has 1 aliphatic carbocycles. The Morgan fingerprint density at radius 1 is 1.13 bits per heavy atom. The maximum atomic E-state index is 15.1. The first-order valence-electron chi connectivity index (χ1n) is 15.0. The van der Waals surface area contributed by atoms with E-state index in [0.29, 0.717) is 58.7 Å². The van der Waals surface area contributed by atoms with Gasteiger partial charge in [-0.05, 0) is 55.0 Å². The molecule has 0 amide bonds. The number of fused-ring (bicyclic) bond motifs is 3. The van der Waals surface area contributed by atoms with E-state index in [1.807, 2.05) is 41.2 Å². The van der Waals surface area contributed by atoms with E-state index in [2.05, 4.69) is 20.9 Å². The van der Waals surface area contributed by atoms with Gasteiger partial charge in [-0.2, -0.15) is 0 Å². The van der Waals surface area contributed by atoms with E-state index in [9.17, 15) is 9.90 Å². The molecular weight excluding hydrogens is 599 g/mol. The second-order valence-corrected chi connectivity index (χ2v) is 12.6. The third-order valence-corrected chi connectivity index (χ3v) is 9.61. The number of aryl methyl sites for hydroxylation is 1. The van der Waals surface area contributed by atoms with Crippen LogP contribution in [0.4, 0.5) is 4.39 Å². The number of aromatic nitrogens is 5. The number of ether oxygens (including phenoxy) is 2. The zero-order valence-corrected chi connectivity index (χ0v) is 25.4. The summed E-state index contributed by atoms with van der Waals surface area (Å²) in [7, 11) is 0. The van der Waals surface area contributed by atoms with Crippen molar-refractivity contribution in [2.24, 2.45) is 11.8 Å². The number of rotatable bonds is 8. The second-order valence-electron chi connectivity index (χ2n) is 12.1. The molecule has 5 aromatic rings. The van der Waals surface area contributed by atoms with E-state index in [1.54, 1.807) is 24.8 Å². The molecule has 0 radical (unpaired) electrons. The predicted molar refractivity (Wildman–Crippen MR) is 163 cm³/mol. The van der Waals surface area contributed by atoms with Crippen molar-refractivity contribution in [3.8, 4) is 11.5 Å². The number of imidazole rings is 2. The number of hydrogen-bond acceptors (Lipinski definition) is 7. The highest BCUT2D eigenvalue weighted by molar-refractivity contribution is 6.30. The van der Waals surface area contributed by atoms with E-state index in [4.69, 9.17) is 26.1 Å². The fraction of sp³-hybridized carbons (Fsp3) is 0.333. The topological polar surface area (TPSA) is 108 Å². The molecule has 2 fully saturated rings. The van der Waals surface area contributed by atoms with Crippen molar-refractivity contribution in [1.29, 1.82) is 0 Å². The van der Waals surface area contributed by atoms with E-state index in [0.717, 1.165) is 42.7 Å². The molecule has 1 saturated carbocycles. The van der Waals surface area contributed by atoms with Crippen molar-refractivity contribution >= 4 is 28.6 Å². The Kier molecular flexibility index (Phi) is 6.40. The molecule has 1 N–H and O–H groups in total. The van der Waals surface area contributed by atoms with Crippen LogP contribution in [0.1, 0.15) is 52.9 Å². The maximum Gasteiger partial charge on any atom is 0.335 e. The SMILES string of the molecule is CCn1cncc1Cn1c(CN2C[C@@H]3C(c4cccc5c4OC(C)(c4ccc(Cl)cn4)O5)[C@@H]3C2)nc2c(F)cc(C(=O)O)cc21. The first-order chi connectivity index (χ1) is 21.7. The van der Waals surface area contributed by atoms with Gasteiger partial charge in [0.25, 0.3) is 5.79 Å². The molecule has 5 heterocycles. The maximum absolute atomic E-state index is 15.1. The number of para-hydroxylation sites is 1. The van der Waals surface area contributed by atoms with Gasteiger partial charge < -0.3 is 23.7 Å². The number of nitrogens with zero attached hydrogens (tertiary/aromatic N) is 6. The molecule has 4 atom stereocenters. The van der Waals surface area contributed by atoms with Crippen molar-refractivity contribution in [3.63, 3.8) is 0 Å². The highest BCUT2D eigenvalue weighted by Gasteiger charge is 2.58. The van der Waals surface area contributed by atoms with Crippen LogP contribution in [0, 0.1) is 17.7 Å². The number of halogens is 2. The fourth-order valence-electron chi connectivity index (χ4n) is 7.14. The lowest BCUT2D eigenvalue weighted by atomic mass is 10.0. The van der Waals surface area contributed by atoms with Crippen LogP contribution in [-0.4, -0.2) is 53.2 Å². The molecule has 0 bridgehead atoms. The minimum atomic E-state index is -1.18. The van der Waals surface area contributed by atoms with Crippen molar-refractivity contribution in [2.45, 2.75) is 45.2 Å². The average Bonchev–Trinajstić information content (AvgIpc) is 3.51. The van der Waals surface area contributed by atoms with Crippen molar-refractivity contribution in [1.82, 2.24) is 29.0 Å². The van der Waals surface area contributed by atoms with Crippen LogP contribution in [0.3, 0.4) is 0 Å². The lowest BCUT2D eigenvalue weighted by Crippen LogP contribution is -2.32. The van der Waals surface area contributed by atoms with Crippen LogP contribution >= 0.6 is 11.6 Å². The van der Waals surface area contributed by atoms with Gasteiger partial charge in [0.1, 0.15) is 17.0 Å². The van der Waals surface area contributed by atoms with Gasteiger partial charge in [-0.1, -0.05) is 23.7 Å². The Labute approximate surface area is 263 Å². The summed E-state index contributed by atoms with van der Waals surface area (Å²) >= 11 is 6.05. The minimum absolute atomic E-state index is 0.105. The monoisotopic (exact) mass is 628 g/mol. The van der Waals surface area contributed by atoms with Crippen LogP contribution in [0.2, 0.25) is 5.02 Å². The highest BCUT2D eigenvalue weighted by atomic mass is 35.5. The number of piperidine rings is 1. The van der Waals surface area contributed by atoms with E-state index in [1.165, 1.54) is 6.07 Å². The molecule has 12 heteroatoms. The van der Waals surface area contributed by atoms with E-state index in [-0.39, 0.29) is 11.1 Å². The molecule has 3 aromatic heterocycles. The average molecular weight is 629 g/mol. The zero-order valence-electron chi connectivity index (χ0n) is 24.7. The molecule has 2 aliphatic heterocycles. The third kappa shape index (κ3) is 4.64. The van der Waals surface area contributed by atoms with Gasteiger partial charge in [0.2, 0.25) is 0 Å². The molecule has 8 rings (SSSR count). The van der Waals surface area contributed by atoms with Gasteiger partial charge in [-0.25, -0.2) is 19.2 Å². The molecule has 1 saturated heterocycles. The van der Waals surface area contributed by atoms with Gasteiger partial charge >= 0.3 is 5.97 Å². The Morgan fingerprint density at radius 2 is 1.96 bits per heavy atom. The van der Waals surface area contributed by atoms with Gasteiger partial charge in [0.05, 0.1) is 41.2 Å². The summed E-state index contributed by atoms with van der Waals surface area (Å²) < 4.78 is 31.8. The van der Waals surface area contributed by atoms with Crippen LogP contribution in [0.5, 0.6) is 11.5 Å². The van der Waals surface area contributed by atoms with Gasteiger partial charge in [-0.3, -0.25) is 9.88 Å². The number of likely N-dealkylation sites (tertiary alicyclic amines) is 1. The Balaban J connectivity index is 1.04. The van der Waals surface area contributed by atoms with E-state index >= 15 is 4.39 Å². The first kappa shape index (κ1) is 28.0. The smallest absolute Gasteiger partial charge is 0.335 e. The molecule has 230 valence electrons. The van der Waals surface area contributed by atoms with Gasteiger partial charge in [-0.15, -0.1) is 0 Å². The minimum Gasteiger partial charge on any atom is -0.478 e. The summed E-state index contributed by atoms with van der Waals surface area (Å²) in [6, 6.07) is 12.2. The number of carbonyl (C=O) groups is 1. The zero-order chi connectivity index (χ0) is 31.0. The lowest BCUT2D eigenvalue weighted by Gasteiger charge is -2.23. The third-order valence-electron chi connectivity index (χ3n) is 9.39. The summed E-state index contributed by atoms with van der Waals surface area (Å²) in [5.41, 5.74) is 3.26. The number of hydrogen-bond donors (Lipinski definition) is 1. The summed E-state index contributed by atoms with van der Waals surface area (Å²) in [6.45, 7) is 7.26. The summed E-state index contributed by atoms with van der Waals surface area (Å²) in [5, 5.41) is 10.1. The normalized spacial score (nSPS) is 23.5. The molecule has 2 unspecified atom stereocenters. The number of aromatic carboxylic acids is 1. The first-order valence-corrected chi connectivity index (χ1v) is 15.4. The number of benzene rings is 2. The largest absolute Gasteiger partial charge is 0.478 e. The predicted octanol–water partition coefficient (Wildman–Crippen LogP) is 5.68. The standard InChI is InChI=1S/C33H30ClFN6O4/c1-3-40-17-36-12-20(40)13-41-25-10-18(32(42)43)9-24(35)30(25)38-28(41)16-39-14-22-23(15-39)29(22)21-5-4-6-26-31(21)45-33(2,44-26)27-8-7-19(34)11-37-27/h4-12,17,22-23,29H,3,13-16H2,1-2H3,(H,42,43)/t22-,23+,29?,33?. The van der Waals surface area contributed by atoms with Crippen LogP contribution in [0.15, 0.2) is 61.2 Å². The lowest BCUT2D eigenvalue weighted by molar-refractivity contribution is -0.0721. The van der Waals surface area contributed by atoms with Crippen LogP contribution in [0.25, 0.3) is 11.0 Å². The Hall–Kier alpha value is -4.48. The number of carboxylic acids is 1. The molecule has 2 aromatic carbocycles. The summed E-state index contributed by atoms with van der Waals surface area (Å²) in [5.74, 6) is 0.523. The molecule has 0 spiro atoms. The fourth-order valence-corrected chi connectivity index (χ4v) is 7.25. The van der Waals surface area contributed by atoms with Crippen molar-refractivity contribution in [3.05, 3.63) is 100 Å².